The molecule has 0 radical (unpaired) electrons. The molecule has 156 valence electrons. The zero-order chi connectivity index (χ0) is 21.3. The molecular weight excluding hydrogens is 392 g/mol. The van der Waals surface area contributed by atoms with Crippen LogP contribution in [0, 0.1) is 0 Å². The molecule has 0 fully saturated rings. The first kappa shape index (κ1) is 27.6. The van der Waals surface area contributed by atoms with Gasteiger partial charge in [0.05, 0.1) is 27.7 Å². The summed E-state index contributed by atoms with van der Waals surface area (Å²) in [7, 11) is -3.28. The lowest BCUT2D eigenvalue weighted by Gasteiger charge is -2.36. The second kappa shape index (κ2) is 11.3. The Morgan fingerprint density at radius 2 is 1.62 bits per heavy atom. The Labute approximate surface area is 153 Å². The predicted molar refractivity (Wildman–Crippen MR) is 91.6 cm³/mol. The smallest absolute Gasteiger partial charge is 0.469 e. The third kappa shape index (κ3) is 16.8. The third-order valence-electron chi connectivity index (χ3n) is 3.13. The summed E-state index contributed by atoms with van der Waals surface area (Å²) in [5, 5.41) is 0. The molecule has 0 aliphatic rings. The summed E-state index contributed by atoms with van der Waals surface area (Å²) >= 11 is 0. The van der Waals surface area contributed by atoms with Gasteiger partial charge in [-0.3, -0.25) is 9.09 Å². The molecule has 0 saturated heterocycles. The van der Waals surface area contributed by atoms with E-state index in [0.717, 1.165) is 0 Å². The number of ether oxygens (including phenoxy) is 1. The number of hydrogen-bond acceptors (Lipinski definition) is 7. The van der Waals surface area contributed by atoms with Crippen LogP contribution < -0.4 is 4.89 Å². The monoisotopic (exact) mass is 421 g/mol. The SMILES string of the molecule is C=C(C)C(=O)OCCOP(=O)(O)O.CC(OP(=O)([O-])O)C(C)[N+](C)(C)C. The molecule has 3 atom stereocenters. The number of carbonyl (C=O) groups excluding carboxylic acids is 1. The fraction of sp³-hybridized carbons (Fsp3) is 0.769. The van der Waals surface area contributed by atoms with Gasteiger partial charge in [0, 0.05) is 5.57 Å². The minimum absolute atomic E-state index is 0.0191. The summed E-state index contributed by atoms with van der Waals surface area (Å²) in [6, 6.07) is -0.0191. The normalized spacial score (nSPS) is 16.5. The third-order valence-corrected chi connectivity index (χ3v) is 4.24. The lowest BCUT2D eigenvalue weighted by molar-refractivity contribution is -0.897. The van der Waals surface area contributed by atoms with Crippen LogP contribution in [0.5, 0.6) is 0 Å². The largest absolute Gasteiger partial charge is 0.756 e. The maximum Gasteiger partial charge on any atom is 0.469 e. The molecule has 26 heavy (non-hydrogen) atoms. The first-order valence-corrected chi connectivity index (χ1v) is 10.5. The fourth-order valence-corrected chi connectivity index (χ4v) is 2.25. The molecule has 0 saturated carbocycles. The number of nitrogens with zero attached hydrogens (tertiary/aromatic N) is 1. The van der Waals surface area contributed by atoms with Crippen LogP contribution in [0.25, 0.3) is 0 Å². The minimum atomic E-state index is -4.61. The highest BCUT2D eigenvalue weighted by Crippen LogP contribution is 2.35. The van der Waals surface area contributed by atoms with Gasteiger partial charge in [-0.15, -0.1) is 0 Å². The van der Waals surface area contributed by atoms with Crippen LogP contribution in [0.4, 0.5) is 0 Å². The van der Waals surface area contributed by atoms with Crippen molar-refractivity contribution < 1.29 is 51.8 Å². The van der Waals surface area contributed by atoms with Crippen molar-refractivity contribution in [3.05, 3.63) is 12.2 Å². The molecule has 0 bridgehead atoms. The Kier molecular flexibility index (Phi) is 12.0. The highest BCUT2D eigenvalue weighted by atomic mass is 31.2. The molecule has 0 aliphatic heterocycles. The van der Waals surface area contributed by atoms with Crippen LogP contribution in [0.3, 0.4) is 0 Å². The molecule has 0 rings (SSSR count). The van der Waals surface area contributed by atoms with Gasteiger partial charge in [-0.25, -0.2) is 9.36 Å². The summed E-state index contributed by atoms with van der Waals surface area (Å²) < 4.78 is 34.1. The molecule has 0 heterocycles. The highest BCUT2D eigenvalue weighted by molar-refractivity contribution is 7.46. The van der Waals surface area contributed by atoms with Crippen molar-refractivity contribution in [2.75, 3.05) is 34.4 Å². The van der Waals surface area contributed by atoms with E-state index < -0.39 is 27.7 Å². The van der Waals surface area contributed by atoms with Crippen molar-refractivity contribution in [3.8, 4) is 0 Å². The molecule has 11 nitrogen and oxygen atoms in total. The van der Waals surface area contributed by atoms with Gasteiger partial charge in [0.15, 0.2) is 0 Å². The molecule has 13 heteroatoms. The van der Waals surface area contributed by atoms with Gasteiger partial charge in [0.1, 0.15) is 18.8 Å². The number of phosphoric ester groups is 2. The van der Waals surface area contributed by atoms with Gasteiger partial charge in [0.25, 0.3) is 7.82 Å². The van der Waals surface area contributed by atoms with E-state index in [1.54, 1.807) is 6.92 Å². The summed E-state index contributed by atoms with van der Waals surface area (Å²) in [5.41, 5.74) is 0.219. The van der Waals surface area contributed by atoms with Crippen LogP contribution in [0.15, 0.2) is 12.2 Å². The Morgan fingerprint density at radius 1 is 1.15 bits per heavy atom. The van der Waals surface area contributed by atoms with E-state index in [4.69, 9.17) is 14.7 Å². The van der Waals surface area contributed by atoms with Crippen molar-refractivity contribution in [1.29, 1.82) is 0 Å². The number of rotatable bonds is 9. The van der Waals surface area contributed by atoms with E-state index in [-0.39, 0.29) is 24.8 Å². The van der Waals surface area contributed by atoms with Crippen LogP contribution >= 0.6 is 15.6 Å². The minimum Gasteiger partial charge on any atom is -0.756 e. The van der Waals surface area contributed by atoms with Gasteiger partial charge >= 0.3 is 13.8 Å². The first-order chi connectivity index (χ1) is 11.4. The van der Waals surface area contributed by atoms with Gasteiger partial charge < -0.3 is 33.3 Å². The van der Waals surface area contributed by atoms with E-state index in [9.17, 15) is 18.8 Å². The van der Waals surface area contributed by atoms with Crippen molar-refractivity contribution in [2.24, 2.45) is 0 Å². The predicted octanol–water partition coefficient (Wildman–Crippen LogP) is 0.162. The summed E-state index contributed by atoms with van der Waals surface area (Å²) in [6.45, 7) is 7.70. The quantitative estimate of drug-likeness (QED) is 0.154. The number of hydrogen-bond donors (Lipinski definition) is 3. The van der Waals surface area contributed by atoms with Gasteiger partial charge in [-0.1, -0.05) is 6.58 Å². The molecule has 3 N–H and O–H groups in total. The van der Waals surface area contributed by atoms with Crippen molar-refractivity contribution in [1.82, 2.24) is 0 Å². The summed E-state index contributed by atoms with van der Waals surface area (Å²) in [6.07, 6.45) is -0.534. The van der Waals surface area contributed by atoms with Gasteiger partial charge in [-0.2, -0.15) is 0 Å². The van der Waals surface area contributed by atoms with E-state index in [0.29, 0.717) is 4.48 Å². The Balaban J connectivity index is 0. The topological polar surface area (TPSA) is 163 Å². The maximum absolute atomic E-state index is 10.7. The first-order valence-electron chi connectivity index (χ1n) is 7.43. The zero-order valence-electron chi connectivity index (χ0n) is 15.8. The molecule has 0 aromatic rings. The van der Waals surface area contributed by atoms with Crippen LogP contribution in [-0.4, -0.2) is 71.6 Å². The standard InChI is InChI=1S/C7H18NO4P.C6H11O6P/c1-6(8(3,4)5)7(2)12-13(9,10)11;1-5(2)6(7)11-3-4-12-13(8,9)10/h6-7H,1-5H3,(H-,9,10,11);1,3-4H2,2H3,(H2,8,9,10). The lowest BCUT2D eigenvalue weighted by Crippen LogP contribution is -2.49. The number of quaternary nitrogens is 1. The van der Waals surface area contributed by atoms with E-state index in [1.807, 2.05) is 28.1 Å². The zero-order valence-corrected chi connectivity index (χ0v) is 17.6. The van der Waals surface area contributed by atoms with Gasteiger partial charge in [0.2, 0.25) is 0 Å². The molecule has 0 amide bonds. The number of likely N-dealkylation sites (N-methyl/N-ethyl adjacent to an activating group) is 1. The van der Waals surface area contributed by atoms with E-state index >= 15 is 0 Å². The number of phosphoric acid groups is 2. The number of carbonyl (C=O) groups is 1. The molecule has 0 aromatic carbocycles. The van der Waals surface area contributed by atoms with Crippen molar-refractivity contribution in [3.63, 3.8) is 0 Å². The molecular formula is C13H29NO10P2. The van der Waals surface area contributed by atoms with E-state index in [2.05, 4.69) is 20.4 Å². The molecule has 3 unspecified atom stereocenters. The summed E-state index contributed by atoms with van der Waals surface area (Å²) in [5.74, 6) is -0.616. The highest BCUT2D eigenvalue weighted by Gasteiger charge is 2.27. The summed E-state index contributed by atoms with van der Waals surface area (Å²) in [4.78, 5) is 46.0. The molecule has 0 aromatic heterocycles. The molecule has 0 spiro atoms. The van der Waals surface area contributed by atoms with Crippen molar-refractivity contribution in [2.45, 2.75) is 32.9 Å². The fourth-order valence-electron chi connectivity index (χ4n) is 1.34. The van der Waals surface area contributed by atoms with Crippen molar-refractivity contribution >= 4 is 21.6 Å². The average molecular weight is 421 g/mol. The Morgan fingerprint density at radius 3 is 1.92 bits per heavy atom. The van der Waals surface area contributed by atoms with Crippen LogP contribution in [0.2, 0.25) is 0 Å². The average Bonchev–Trinajstić information content (AvgIpc) is 2.39. The van der Waals surface area contributed by atoms with Gasteiger partial charge in [-0.05, 0) is 20.8 Å². The number of esters is 1. The maximum atomic E-state index is 10.7. The van der Waals surface area contributed by atoms with Crippen LogP contribution in [-0.2, 0) is 27.7 Å². The molecule has 0 aliphatic carbocycles. The lowest BCUT2D eigenvalue weighted by atomic mass is 10.2. The second-order valence-corrected chi connectivity index (χ2v) is 8.76. The van der Waals surface area contributed by atoms with Crippen LogP contribution in [0.1, 0.15) is 20.8 Å². The van der Waals surface area contributed by atoms with E-state index in [1.165, 1.54) is 6.92 Å². The Bertz CT molecular complexity index is 548. The Hall–Kier alpha value is -0.610. The second-order valence-electron chi connectivity index (χ2n) is 6.38.